The zero-order valence-corrected chi connectivity index (χ0v) is 7.88. The highest BCUT2D eigenvalue weighted by atomic mass is 16.3. The highest BCUT2D eigenvalue weighted by molar-refractivity contribution is 5.58. The Bertz CT molecular complexity index is 436. The Morgan fingerprint density at radius 2 is 2.21 bits per heavy atom. The van der Waals surface area contributed by atoms with Gasteiger partial charge in [-0.3, -0.25) is 9.67 Å². The quantitative estimate of drug-likeness (QED) is 0.766. The number of hydrogen-bond acceptors (Lipinski definition) is 3. The standard InChI is InChI=1S/C10H11N3O/c1-13-9(4-6-12-13)10-8(7-14)3-2-5-11-10/h2-6,14H,7H2,1H3. The molecule has 2 rings (SSSR count). The summed E-state index contributed by atoms with van der Waals surface area (Å²) >= 11 is 0. The average molecular weight is 189 g/mol. The first-order chi connectivity index (χ1) is 6.83. The van der Waals surface area contributed by atoms with Gasteiger partial charge in [-0.05, 0) is 12.1 Å². The molecule has 0 amide bonds. The summed E-state index contributed by atoms with van der Waals surface area (Å²) in [5, 5.41) is 13.2. The van der Waals surface area contributed by atoms with E-state index < -0.39 is 0 Å². The monoisotopic (exact) mass is 189 g/mol. The zero-order valence-electron chi connectivity index (χ0n) is 7.88. The molecule has 4 nitrogen and oxygen atoms in total. The van der Waals surface area contributed by atoms with Crippen LogP contribution < -0.4 is 0 Å². The maximum atomic E-state index is 9.14. The number of aliphatic hydroxyl groups excluding tert-OH is 1. The van der Waals surface area contributed by atoms with E-state index >= 15 is 0 Å². The molecule has 2 aromatic heterocycles. The van der Waals surface area contributed by atoms with Gasteiger partial charge in [0.2, 0.25) is 0 Å². The van der Waals surface area contributed by atoms with Crippen molar-refractivity contribution in [2.45, 2.75) is 6.61 Å². The van der Waals surface area contributed by atoms with Gasteiger partial charge in [0.25, 0.3) is 0 Å². The molecule has 2 aromatic rings. The maximum Gasteiger partial charge on any atom is 0.0937 e. The summed E-state index contributed by atoms with van der Waals surface area (Å²) in [7, 11) is 1.85. The van der Waals surface area contributed by atoms with Crippen LogP contribution in [0.3, 0.4) is 0 Å². The molecule has 0 radical (unpaired) electrons. The summed E-state index contributed by atoms with van der Waals surface area (Å²) in [6.45, 7) is -0.00560. The van der Waals surface area contributed by atoms with Crippen LogP contribution in [0.1, 0.15) is 5.56 Å². The van der Waals surface area contributed by atoms with Gasteiger partial charge in [0, 0.05) is 25.0 Å². The smallest absolute Gasteiger partial charge is 0.0937 e. The average Bonchev–Trinajstić information content (AvgIpc) is 2.64. The fourth-order valence-corrected chi connectivity index (χ4v) is 1.40. The molecule has 0 fully saturated rings. The predicted octanol–water partition coefficient (Wildman–Crippen LogP) is 0.974. The minimum absolute atomic E-state index is 0.00560. The lowest BCUT2D eigenvalue weighted by Crippen LogP contribution is -1.98. The Balaban J connectivity index is 2.56. The van der Waals surface area contributed by atoms with E-state index in [-0.39, 0.29) is 6.61 Å². The second kappa shape index (κ2) is 3.59. The lowest BCUT2D eigenvalue weighted by molar-refractivity contribution is 0.282. The number of hydrogen-bond donors (Lipinski definition) is 1. The molecular formula is C10H11N3O. The maximum absolute atomic E-state index is 9.14. The molecule has 0 aliphatic carbocycles. The number of aryl methyl sites for hydroxylation is 1. The van der Waals surface area contributed by atoms with Crippen molar-refractivity contribution in [1.82, 2.24) is 14.8 Å². The SMILES string of the molecule is Cn1nccc1-c1ncccc1CO. The van der Waals surface area contributed by atoms with Crippen molar-refractivity contribution >= 4 is 0 Å². The highest BCUT2D eigenvalue weighted by Gasteiger charge is 2.08. The molecule has 72 valence electrons. The topological polar surface area (TPSA) is 50.9 Å². The summed E-state index contributed by atoms with van der Waals surface area (Å²) in [4.78, 5) is 4.23. The van der Waals surface area contributed by atoms with Crippen molar-refractivity contribution in [2.24, 2.45) is 7.05 Å². The second-order valence-corrected chi connectivity index (χ2v) is 3.01. The number of aliphatic hydroxyl groups is 1. The summed E-state index contributed by atoms with van der Waals surface area (Å²) in [5.74, 6) is 0. The third kappa shape index (κ3) is 1.40. The molecule has 0 aliphatic heterocycles. The third-order valence-electron chi connectivity index (χ3n) is 2.13. The fourth-order valence-electron chi connectivity index (χ4n) is 1.40. The molecule has 0 spiro atoms. The van der Waals surface area contributed by atoms with Crippen LogP contribution >= 0.6 is 0 Å². The first kappa shape index (κ1) is 8.90. The van der Waals surface area contributed by atoms with Gasteiger partial charge in [0.05, 0.1) is 18.0 Å². The van der Waals surface area contributed by atoms with Crippen molar-refractivity contribution in [3.05, 3.63) is 36.2 Å². The minimum Gasteiger partial charge on any atom is -0.392 e. The Morgan fingerprint density at radius 1 is 1.36 bits per heavy atom. The molecule has 1 N–H and O–H groups in total. The predicted molar refractivity (Wildman–Crippen MR) is 52.4 cm³/mol. The van der Waals surface area contributed by atoms with Gasteiger partial charge in [-0.1, -0.05) is 6.07 Å². The van der Waals surface area contributed by atoms with Gasteiger partial charge in [0.1, 0.15) is 0 Å². The van der Waals surface area contributed by atoms with E-state index in [1.165, 1.54) is 0 Å². The van der Waals surface area contributed by atoms with Gasteiger partial charge < -0.3 is 5.11 Å². The molecule has 4 heteroatoms. The molecule has 0 saturated carbocycles. The fraction of sp³-hybridized carbons (Fsp3) is 0.200. The first-order valence-corrected chi connectivity index (χ1v) is 4.36. The van der Waals surface area contributed by atoms with Crippen molar-refractivity contribution in [3.63, 3.8) is 0 Å². The Kier molecular flexibility index (Phi) is 2.28. The van der Waals surface area contributed by atoms with Gasteiger partial charge in [-0.2, -0.15) is 5.10 Å². The van der Waals surface area contributed by atoms with Crippen LogP contribution in [0.5, 0.6) is 0 Å². The Morgan fingerprint density at radius 3 is 2.86 bits per heavy atom. The van der Waals surface area contributed by atoms with E-state index in [9.17, 15) is 0 Å². The van der Waals surface area contributed by atoms with Crippen LogP contribution in [-0.2, 0) is 13.7 Å². The Labute approximate surface area is 81.8 Å². The number of pyridine rings is 1. The molecule has 0 aliphatic rings. The van der Waals surface area contributed by atoms with Crippen LogP contribution in [0, 0.1) is 0 Å². The van der Waals surface area contributed by atoms with Crippen LogP contribution in [0.15, 0.2) is 30.6 Å². The molecule has 0 unspecified atom stereocenters. The first-order valence-electron chi connectivity index (χ1n) is 4.36. The van der Waals surface area contributed by atoms with E-state index in [0.29, 0.717) is 0 Å². The van der Waals surface area contributed by atoms with Crippen molar-refractivity contribution < 1.29 is 5.11 Å². The summed E-state index contributed by atoms with van der Waals surface area (Å²) in [5.41, 5.74) is 2.51. The molecule has 2 heterocycles. The van der Waals surface area contributed by atoms with Crippen LogP contribution in [0.2, 0.25) is 0 Å². The van der Waals surface area contributed by atoms with E-state index in [1.54, 1.807) is 17.1 Å². The molecule has 14 heavy (non-hydrogen) atoms. The van der Waals surface area contributed by atoms with Gasteiger partial charge in [0.15, 0.2) is 0 Å². The van der Waals surface area contributed by atoms with Gasteiger partial charge in [-0.25, -0.2) is 0 Å². The number of aromatic nitrogens is 3. The summed E-state index contributed by atoms with van der Waals surface area (Å²) in [6, 6.07) is 5.54. The van der Waals surface area contributed by atoms with E-state index in [2.05, 4.69) is 10.1 Å². The zero-order chi connectivity index (χ0) is 9.97. The van der Waals surface area contributed by atoms with Gasteiger partial charge >= 0.3 is 0 Å². The minimum atomic E-state index is -0.00560. The molecule has 0 aromatic carbocycles. The van der Waals surface area contributed by atoms with Crippen molar-refractivity contribution in [2.75, 3.05) is 0 Å². The Hall–Kier alpha value is -1.68. The molecule has 0 atom stereocenters. The summed E-state index contributed by atoms with van der Waals surface area (Å²) < 4.78 is 1.74. The van der Waals surface area contributed by atoms with Crippen molar-refractivity contribution in [3.8, 4) is 11.4 Å². The van der Waals surface area contributed by atoms with Crippen LogP contribution in [0.4, 0.5) is 0 Å². The molecule has 0 saturated heterocycles. The third-order valence-corrected chi connectivity index (χ3v) is 2.13. The number of rotatable bonds is 2. The molecular weight excluding hydrogens is 178 g/mol. The highest BCUT2D eigenvalue weighted by Crippen LogP contribution is 2.19. The normalized spacial score (nSPS) is 10.4. The largest absolute Gasteiger partial charge is 0.392 e. The van der Waals surface area contributed by atoms with Crippen LogP contribution in [0.25, 0.3) is 11.4 Å². The summed E-state index contributed by atoms with van der Waals surface area (Å²) in [6.07, 6.45) is 3.42. The lowest BCUT2D eigenvalue weighted by Gasteiger charge is -2.05. The molecule has 0 bridgehead atoms. The van der Waals surface area contributed by atoms with E-state index in [0.717, 1.165) is 17.0 Å². The van der Waals surface area contributed by atoms with Crippen LogP contribution in [-0.4, -0.2) is 19.9 Å². The van der Waals surface area contributed by atoms with E-state index in [1.807, 2.05) is 25.2 Å². The van der Waals surface area contributed by atoms with Gasteiger partial charge in [-0.15, -0.1) is 0 Å². The lowest BCUT2D eigenvalue weighted by atomic mass is 10.1. The number of nitrogens with zero attached hydrogens (tertiary/aromatic N) is 3. The van der Waals surface area contributed by atoms with Crippen molar-refractivity contribution in [1.29, 1.82) is 0 Å². The van der Waals surface area contributed by atoms with E-state index in [4.69, 9.17) is 5.11 Å². The second-order valence-electron chi connectivity index (χ2n) is 3.01.